The lowest BCUT2D eigenvalue weighted by Crippen LogP contribution is -2.36. The third kappa shape index (κ3) is 2.25. The van der Waals surface area contributed by atoms with Crippen LogP contribution in [0.3, 0.4) is 0 Å². The number of ether oxygens (including phenoxy) is 2. The van der Waals surface area contributed by atoms with E-state index in [1.165, 1.54) is 0 Å². The molecule has 1 atom stereocenters. The minimum Gasteiger partial charge on any atom is -0.464 e. The standard InChI is InChI=1S/C14H17ClO3/c1-4-17-13(16)12-11-9(6-5-7-10(11)15)14(2,3)8-18-12/h5-7,12H,4,8H2,1-3H3. The summed E-state index contributed by atoms with van der Waals surface area (Å²) in [5.74, 6) is -0.373. The van der Waals surface area contributed by atoms with E-state index in [1.54, 1.807) is 13.0 Å². The van der Waals surface area contributed by atoms with E-state index < -0.39 is 6.10 Å². The summed E-state index contributed by atoms with van der Waals surface area (Å²) in [6.07, 6.45) is -0.707. The van der Waals surface area contributed by atoms with E-state index >= 15 is 0 Å². The Bertz CT molecular complexity index is 468. The lowest BCUT2D eigenvalue weighted by Gasteiger charge is -2.36. The Hall–Kier alpha value is -1.06. The zero-order valence-corrected chi connectivity index (χ0v) is 11.6. The fourth-order valence-corrected chi connectivity index (χ4v) is 2.52. The van der Waals surface area contributed by atoms with Crippen LogP contribution in [0.25, 0.3) is 0 Å². The van der Waals surface area contributed by atoms with Crippen molar-refractivity contribution < 1.29 is 14.3 Å². The van der Waals surface area contributed by atoms with Crippen molar-refractivity contribution in [3.05, 3.63) is 34.3 Å². The van der Waals surface area contributed by atoms with E-state index in [-0.39, 0.29) is 11.4 Å². The van der Waals surface area contributed by atoms with Gasteiger partial charge in [-0.15, -0.1) is 0 Å². The fraction of sp³-hybridized carbons (Fsp3) is 0.500. The monoisotopic (exact) mass is 268 g/mol. The first kappa shape index (κ1) is 13.4. The van der Waals surface area contributed by atoms with Gasteiger partial charge in [0.05, 0.1) is 13.2 Å². The van der Waals surface area contributed by atoms with Gasteiger partial charge in [0, 0.05) is 16.0 Å². The van der Waals surface area contributed by atoms with Crippen LogP contribution in [0.4, 0.5) is 0 Å². The molecule has 2 rings (SSSR count). The third-order valence-corrected chi connectivity index (χ3v) is 3.49. The average molecular weight is 269 g/mol. The number of carbonyl (C=O) groups excluding carboxylic acids is 1. The Kier molecular flexibility index (Phi) is 3.64. The van der Waals surface area contributed by atoms with Gasteiger partial charge < -0.3 is 9.47 Å². The summed E-state index contributed by atoms with van der Waals surface area (Å²) in [5.41, 5.74) is 1.65. The number of benzene rings is 1. The normalized spacial score (nSPS) is 21.2. The summed E-state index contributed by atoms with van der Waals surface area (Å²) in [6, 6.07) is 5.67. The highest BCUT2D eigenvalue weighted by atomic mass is 35.5. The molecule has 3 nitrogen and oxygen atoms in total. The minimum atomic E-state index is -0.707. The molecule has 0 saturated heterocycles. The van der Waals surface area contributed by atoms with E-state index in [0.717, 1.165) is 11.1 Å². The molecule has 0 aliphatic carbocycles. The number of fused-ring (bicyclic) bond motifs is 1. The summed E-state index contributed by atoms with van der Waals surface area (Å²) in [5, 5.41) is 0.554. The van der Waals surface area contributed by atoms with Gasteiger partial charge in [-0.05, 0) is 18.6 Å². The van der Waals surface area contributed by atoms with Gasteiger partial charge in [0.25, 0.3) is 0 Å². The van der Waals surface area contributed by atoms with Gasteiger partial charge in [0.1, 0.15) is 0 Å². The first-order valence-electron chi connectivity index (χ1n) is 6.04. The highest BCUT2D eigenvalue weighted by molar-refractivity contribution is 6.31. The summed E-state index contributed by atoms with van der Waals surface area (Å²) in [4.78, 5) is 11.9. The number of hydrogen-bond donors (Lipinski definition) is 0. The summed E-state index contributed by atoms with van der Waals surface area (Å²) in [7, 11) is 0. The van der Waals surface area contributed by atoms with Crippen LogP contribution in [-0.4, -0.2) is 19.2 Å². The predicted octanol–water partition coefficient (Wildman–Crippen LogP) is 3.25. The first-order chi connectivity index (χ1) is 8.47. The van der Waals surface area contributed by atoms with Gasteiger partial charge in [-0.1, -0.05) is 37.6 Å². The molecule has 0 amide bonds. The molecule has 0 fully saturated rings. The zero-order chi connectivity index (χ0) is 13.3. The molecule has 98 valence electrons. The number of rotatable bonds is 2. The predicted molar refractivity (Wildman–Crippen MR) is 69.8 cm³/mol. The molecule has 1 aliphatic rings. The number of halogens is 1. The van der Waals surface area contributed by atoms with Crippen molar-refractivity contribution in [1.29, 1.82) is 0 Å². The smallest absolute Gasteiger partial charge is 0.339 e. The molecule has 1 aromatic rings. The van der Waals surface area contributed by atoms with E-state index in [0.29, 0.717) is 18.2 Å². The van der Waals surface area contributed by atoms with E-state index in [9.17, 15) is 4.79 Å². The Morgan fingerprint density at radius 1 is 1.56 bits per heavy atom. The molecule has 0 bridgehead atoms. The van der Waals surface area contributed by atoms with Crippen molar-refractivity contribution >= 4 is 17.6 Å². The largest absolute Gasteiger partial charge is 0.464 e. The summed E-state index contributed by atoms with van der Waals surface area (Å²) < 4.78 is 10.7. The van der Waals surface area contributed by atoms with Gasteiger partial charge in [-0.25, -0.2) is 4.79 Å². The van der Waals surface area contributed by atoms with Crippen LogP contribution in [0.5, 0.6) is 0 Å². The second-order valence-corrected chi connectivity index (χ2v) is 5.44. The molecule has 0 N–H and O–H groups in total. The molecule has 18 heavy (non-hydrogen) atoms. The molecule has 0 spiro atoms. The van der Waals surface area contributed by atoms with Crippen molar-refractivity contribution in [2.75, 3.05) is 13.2 Å². The van der Waals surface area contributed by atoms with Gasteiger partial charge in [-0.2, -0.15) is 0 Å². The Morgan fingerprint density at radius 3 is 2.94 bits per heavy atom. The van der Waals surface area contributed by atoms with Crippen LogP contribution in [-0.2, 0) is 19.7 Å². The second-order valence-electron chi connectivity index (χ2n) is 5.03. The highest BCUT2D eigenvalue weighted by Gasteiger charge is 2.38. The lowest BCUT2D eigenvalue weighted by molar-refractivity contribution is -0.159. The Labute approximate surface area is 112 Å². The lowest BCUT2D eigenvalue weighted by atomic mass is 9.79. The second kappa shape index (κ2) is 4.90. The molecular weight excluding hydrogens is 252 g/mol. The van der Waals surface area contributed by atoms with Gasteiger partial charge >= 0.3 is 5.97 Å². The van der Waals surface area contributed by atoms with Crippen LogP contribution in [0.1, 0.15) is 38.0 Å². The van der Waals surface area contributed by atoms with Crippen LogP contribution in [0, 0.1) is 0 Å². The van der Waals surface area contributed by atoms with E-state index in [4.69, 9.17) is 21.1 Å². The van der Waals surface area contributed by atoms with Gasteiger partial charge in [0.2, 0.25) is 0 Å². The number of hydrogen-bond acceptors (Lipinski definition) is 3. The highest BCUT2D eigenvalue weighted by Crippen LogP contribution is 2.41. The quantitative estimate of drug-likeness (QED) is 0.773. The minimum absolute atomic E-state index is 0.150. The molecule has 1 aliphatic heterocycles. The van der Waals surface area contributed by atoms with Gasteiger partial charge in [-0.3, -0.25) is 0 Å². The molecule has 1 unspecified atom stereocenters. The van der Waals surface area contributed by atoms with Crippen LogP contribution < -0.4 is 0 Å². The molecule has 0 saturated carbocycles. The summed E-state index contributed by atoms with van der Waals surface area (Å²) >= 11 is 6.22. The number of esters is 1. The fourth-order valence-electron chi connectivity index (χ4n) is 2.25. The molecule has 0 radical (unpaired) electrons. The number of carbonyl (C=O) groups is 1. The van der Waals surface area contributed by atoms with E-state index in [1.807, 2.05) is 12.1 Å². The molecule has 0 aromatic heterocycles. The van der Waals surface area contributed by atoms with Crippen LogP contribution >= 0.6 is 11.6 Å². The SMILES string of the molecule is CCOC(=O)C1OCC(C)(C)c2cccc(Cl)c21. The maximum Gasteiger partial charge on any atom is 0.339 e. The van der Waals surface area contributed by atoms with Crippen molar-refractivity contribution in [3.8, 4) is 0 Å². The average Bonchev–Trinajstić information content (AvgIpc) is 2.30. The van der Waals surface area contributed by atoms with Crippen molar-refractivity contribution in [2.45, 2.75) is 32.3 Å². The van der Waals surface area contributed by atoms with Crippen molar-refractivity contribution in [3.63, 3.8) is 0 Å². The zero-order valence-electron chi connectivity index (χ0n) is 10.8. The molecular formula is C14H17ClO3. The molecule has 1 aromatic carbocycles. The van der Waals surface area contributed by atoms with Crippen molar-refractivity contribution in [1.82, 2.24) is 0 Å². The third-order valence-electron chi connectivity index (χ3n) is 3.16. The topological polar surface area (TPSA) is 35.5 Å². The summed E-state index contributed by atoms with van der Waals surface area (Å²) in [6.45, 7) is 6.73. The van der Waals surface area contributed by atoms with Crippen LogP contribution in [0.15, 0.2) is 18.2 Å². The molecule has 4 heteroatoms. The van der Waals surface area contributed by atoms with Crippen LogP contribution in [0.2, 0.25) is 5.02 Å². The first-order valence-corrected chi connectivity index (χ1v) is 6.42. The van der Waals surface area contributed by atoms with Gasteiger partial charge in [0.15, 0.2) is 6.10 Å². The molecule has 1 heterocycles. The maximum absolute atomic E-state index is 11.9. The maximum atomic E-state index is 11.9. The Balaban J connectivity index is 2.48. The van der Waals surface area contributed by atoms with Crippen molar-refractivity contribution in [2.24, 2.45) is 0 Å². The Morgan fingerprint density at radius 2 is 2.28 bits per heavy atom. The van der Waals surface area contributed by atoms with E-state index in [2.05, 4.69) is 13.8 Å².